The maximum Gasteiger partial charge on any atom is 0.331 e. The molecule has 0 atom stereocenters. The Morgan fingerprint density at radius 2 is 2.22 bits per heavy atom. The van der Waals surface area contributed by atoms with E-state index in [2.05, 4.69) is 10.3 Å². The van der Waals surface area contributed by atoms with Gasteiger partial charge in [-0.1, -0.05) is 23.2 Å². The van der Waals surface area contributed by atoms with E-state index in [-0.39, 0.29) is 10.8 Å². The summed E-state index contributed by atoms with van der Waals surface area (Å²) in [6.45, 7) is 1.51. The first-order valence-electron chi connectivity index (χ1n) is 6.45. The number of pyridine rings is 1. The first-order chi connectivity index (χ1) is 11.0. The Hall–Kier alpha value is -1.89. The van der Waals surface area contributed by atoms with Gasteiger partial charge in [0.25, 0.3) is 5.91 Å². The Kier molecular flexibility index (Phi) is 6.15. The van der Waals surface area contributed by atoms with Crippen molar-refractivity contribution < 1.29 is 14.3 Å². The van der Waals surface area contributed by atoms with Crippen LogP contribution >= 0.6 is 34.5 Å². The highest BCUT2D eigenvalue weighted by Crippen LogP contribution is 2.22. The standard InChI is InChI=1S/C15H12Cl2N2O3S/c1-9-4-5-23-12(9)2-3-14(21)22-8-13(20)19-15-11(17)6-10(16)7-18-15/h2-7H,8H2,1H3,(H,18,19,20)/b3-2+. The second-order valence-corrected chi connectivity index (χ2v) is 6.23. The number of carbonyl (C=O) groups excluding carboxylic acids is 2. The van der Waals surface area contributed by atoms with Gasteiger partial charge in [0.15, 0.2) is 12.4 Å². The minimum absolute atomic E-state index is 0.155. The van der Waals surface area contributed by atoms with Crippen molar-refractivity contribution in [2.45, 2.75) is 6.92 Å². The molecule has 0 aliphatic carbocycles. The molecular formula is C15H12Cl2N2O3S. The van der Waals surface area contributed by atoms with Gasteiger partial charge in [-0.05, 0) is 36.1 Å². The monoisotopic (exact) mass is 370 g/mol. The topological polar surface area (TPSA) is 68.3 Å². The fraction of sp³-hybridized carbons (Fsp3) is 0.133. The molecule has 1 N–H and O–H groups in total. The molecule has 2 aromatic heterocycles. The quantitative estimate of drug-likeness (QED) is 0.638. The maximum atomic E-state index is 11.7. The van der Waals surface area contributed by atoms with Crippen LogP contribution < -0.4 is 5.32 Å². The number of esters is 1. The summed E-state index contributed by atoms with van der Waals surface area (Å²) >= 11 is 13.1. The molecule has 2 aromatic rings. The van der Waals surface area contributed by atoms with Gasteiger partial charge in [0.2, 0.25) is 0 Å². The average Bonchev–Trinajstić information content (AvgIpc) is 2.91. The SMILES string of the molecule is Cc1ccsc1/C=C/C(=O)OCC(=O)Nc1ncc(Cl)cc1Cl. The Morgan fingerprint density at radius 3 is 2.87 bits per heavy atom. The van der Waals surface area contributed by atoms with E-state index in [1.165, 1.54) is 29.7 Å². The van der Waals surface area contributed by atoms with E-state index >= 15 is 0 Å². The number of nitrogens with one attached hydrogen (secondary N) is 1. The van der Waals surface area contributed by atoms with Crippen molar-refractivity contribution in [3.63, 3.8) is 0 Å². The number of thiophene rings is 1. The Balaban J connectivity index is 1.83. The third-order valence-electron chi connectivity index (χ3n) is 2.68. The summed E-state index contributed by atoms with van der Waals surface area (Å²) in [4.78, 5) is 28.1. The number of aryl methyl sites for hydroxylation is 1. The predicted molar refractivity (Wildman–Crippen MR) is 91.9 cm³/mol. The smallest absolute Gasteiger partial charge is 0.331 e. The number of rotatable bonds is 5. The van der Waals surface area contributed by atoms with Gasteiger partial charge in [0.05, 0.1) is 10.0 Å². The van der Waals surface area contributed by atoms with Gasteiger partial charge >= 0.3 is 5.97 Å². The fourth-order valence-corrected chi connectivity index (χ4v) is 2.81. The average molecular weight is 371 g/mol. The van der Waals surface area contributed by atoms with Gasteiger partial charge in [0, 0.05) is 17.2 Å². The summed E-state index contributed by atoms with van der Waals surface area (Å²) in [5.41, 5.74) is 1.07. The zero-order chi connectivity index (χ0) is 16.8. The highest BCUT2D eigenvalue weighted by atomic mass is 35.5. The Labute approximate surface area is 146 Å². The molecule has 0 spiro atoms. The van der Waals surface area contributed by atoms with Gasteiger partial charge in [-0.15, -0.1) is 11.3 Å². The van der Waals surface area contributed by atoms with Crippen molar-refractivity contribution in [2.24, 2.45) is 0 Å². The predicted octanol–water partition coefficient (Wildman–Crippen LogP) is 3.95. The summed E-state index contributed by atoms with van der Waals surface area (Å²) in [5.74, 6) is -0.999. The number of halogens is 2. The van der Waals surface area contributed by atoms with E-state index in [0.717, 1.165) is 10.4 Å². The zero-order valence-corrected chi connectivity index (χ0v) is 14.3. The first-order valence-corrected chi connectivity index (χ1v) is 8.09. The number of carbonyl (C=O) groups is 2. The molecule has 120 valence electrons. The lowest BCUT2D eigenvalue weighted by Crippen LogP contribution is -2.20. The van der Waals surface area contributed by atoms with Gasteiger partial charge in [0.1, 0.15) is 0 Å². The lowest BCUT2D eigenvalue weighted by Gasteiger charge is -2.06. The maximum absolute atomic E-state index is 11.7. The molecular weight excluding hydrogens is 359 g/mol. The van der Waals surface area contributed by atoms with Crippen LogP contribution in [0.15, 0.2) is 29.8 Å². The van der Waals surface area contributed by atoms with Crippen molar-refractivity contribution in [3.05, 3.63) is 50.3 Å². The van der Waals surface area contributed by atoms with Crippen LogP contribution in [0.4, 0.5) is 5.82 Å². The molecule has 1 amide bonds. The van der Waals surface area contributed by atoms with Crippen molar-refractivity contribution in [1.29, 1.82) is 0 Å². The largest absolute Gasteiger partial charge is 0.452 e. The van der Waals surface area contributed by atoms with E-state index in [0.29, 0.717) is 5.02 Å². The number of hydrogen-bond donors (Lipinski definition) is 1. The summed E-state index contributed by atoms with van der Waals surface area (Å²) < 4.78 is 4.85. The molecule has 0 bridgehead atoms. The summed E-state index contributed by atoms with van der Waals surface area (Å²) in [7, 11) is 0. The third kappa shape index (κ3) is 5.35. The normalized spacial score (nSPS) is 10.7. The first kappa shape index (κ1) is 17.5. The van der Waals surface area contributed by atoms with Crippen molar-refractivity contribution in [2.75, 3.05) is 11.9 Å². The van der Waals surface area contributed by atoms with Crippen molar-refractivity contribution in [1.82, 2.24) is 4.98 Å². The van der Waals surface area contributed by atoms with E-state index < -0.39 is 18.5 Å². The highest BCUT2D eigenvalue weighted by Gasteiger charge is 2.09. The van der Waals surface area contributed by atoms with Crippen LogP contribution in [-0.2, 0) is 14.3 Å². The molecule has 5 nitrogen and oxygen atoms in total. The van der Waals surface area contributed by atoms with E-state index in [9.17, 15) is 9.59 Å². The van der Waals surface area contributed by atoms with Crippen molar-refractivity contribution >= 4 is 58.3 Å². The van der Waals surface area contributed by atoms with E-state index in [4.69, 9.17) is 27.9 Å². The molecule has 8 heteroatoms. The van der Waals surface area contributed by atoms with Crippen LogP contribution in [0, 0.1) is 6.92 Å². The van der Waals surface area contributed by atoms with E-state index in [1.54, 1.807) is 6.08 Å². The summed E-state index contributed by atoms with van der Waals surface area (Å²) in [6.07, 6.45) is 4.28. The Bertz CT molecular complexity index is 759. The van der Waals surface area contributed by atoms with Crippen LogP contribution in [0.1, 0.15) is 10.4 Å². The molecule has 0 saturated carbocycles. The Morgan fingerprint density at radius 1 is 1.43 bits per heavy atom. The minimum atomic E-state index is -0.608. The second kappa shape index (κ2) is 8.10. The highest BCUT2D eigenvalue weighted by molar-refractivity contribution is 7.11. The van der Waals surface area contributed by atoms with Crippen LogP contribution in [0.25, 0.3) is 6.08 Å². The molecule has 0 aromatic carbocycles. The number of ether oxygens (including phenoxy) is 1. The van der Waals surface area contributed by atoms with Crippen LogP contribution in [0.2, 0.25) is 10.0 Å². The molecule has 0 aliphatic heterocycles. The van der Waals surface area contributed by atoms with Gasteiger partial charge in [-0.2, -0.15) is 0 Å². The fourth-order valence-electron chi connectivity index (χ4n) is 1.56. The summed E-state index contributed by atoms with van der Waals surface area (Å²) in [5, 5.41) is 4.91. The number of anilines is 1. The molecule has 0 unspecified atom stereocenters. The lowest BCUT2D eigenvalue weighted by molar-refractivity contribution is -0.142. The minimum Gasteiger partial charge on any atom is -0.452 e. The molecule has 0 fully saturated rings. The van der Waals surface area contributed by atoms with Crippen LogP contribution in [-0.4, -0.2) is 23.5 Å². The number of amides is 1. The van der Waals surface area contributed by atoms with Crippen LogP contribution in [0.5, 0.6) is 0 Å². The van der Waals surface area contributed by atoms with Gasteiger partial charge in [-0.3, -0.25) is 4.79 Å². The molecule has 23 heavy (non-hydrogen) atoms. The molecule has 2 rings (SSSR count). The molecule has 0 saturated heterocycles. The van der Waals surface area contributed by atoms with E-state index in [1.807, 2.05) is 18.4 Å². The van der Waals surface area contributed by atoms with Gasteiger partial charge < -0.3 is 10.1 Å². The van der Waals surface area contributed by atoms with Gasteiger partial charge in [-0.25, -0.2) is 9.78 Å². The molecule has 0 aliphatic rings. The third-order valence-corrected chi connectivity index (χ3v) is 4.16. The zero-order valence-electron chi connectivity index (χ0n) is 12.0. The molecule has 2 heterocycles. The van der Waals surface area contributed by atoms with Crippen molar-refractivity contribution in [3.8, 4) is 0 Å². The summed E-state index contributed by atoms with van der Waals surface area (Å²) in [6, 6.07) is 3.40. The lowest BCUT2D eigenvalue weighted by atomic mass is 10.3. The second-order valence-electron chi connectivity index (χ2n) is 4.44. The van der Waals surface area contributed by atoms with Crippen LogP contribution in [0.3, 0.4) is 0 Å². The number of hydrogen-bond acceptors (Lipinski definition) is 5. The number of nitrogens with zero attached hydrogens (tertiary/aromatic N) is 1. The molecule has 0 radical (unpaired) electrons. The number of aromatic nitrogens is 1.